The summed E-state index contributed by atoms with van der Waals surface area (Å²) in [6.07, 6.45) is 0. The second kappa shape index (κ2) is 6.02. The number of benzene rings is 1. The van der Waals surface area contributed by atoms with E-state index in [-0.39, 0.29) is 10.5 Å². The lowest BCUT2D eigenvalue weighted by Crippen LogP contribution is -2.44. The Bertz CT molecular complexity index is 623. The average molecular weight is 301 g/mol. The fourth-order valence-corrected chi connectivity index (χ4v) is 2.89. The number of carboxylic acids is 2. The zero-order valence-electron chi connectivity index (χ0n) is 10.9. The van der Waals surface area contributed by atoms with Gasteiger partial charge in [-0.2, -0.15) is 4.72 Å². The molecule has 0 aliphatic rings. The number of rotatable bonds is 6. The van der Waals surface area contributed by atoms with Crippen LogP contribution in [0, 0.1) is 5.92 Å². The lowest BCUT2D eigenvalue weighted by Gasteiger charge is -2.18. The van der Waals surface area contributed by atoms with Gasteiger partial charge in [-0.1, -0.05) is 19.9 Å². The highest BCUT2D eigenvalue weighted by molar-refractivity contribution is 7.89. The van der Waals surface area contributed by atoms with Crippen LogP contribution in [0.5, 0.6) is 0 Å². The van der Waals surface area contributed by atoms with Crippen molar-refractivity contribution in [2.24, 2.45) is 5.92 Å². The van der Waals surface area contributed by atoms with Crippen molar-refractivity contribution in [1.29, 1.82) is 0 Å². The van der Waals surface area contributed by atoms with Gasteiger partial charge in [0.05, 0.1) is 10.5 Å². The van der Waals surface area contributed by atoms with Crippen LogP contribution in [-0.4, -0.2) is 36.6 Å². The van der Waals surface area contributed by atoms with Gasteiger partial charge in [-0.25, -0.2) is 13.2 Å². The largest absolute Gasteiger partial charge is 0.480 e. The summed E-state index contributed by atoms with van der Waals surface area (Å²) in [6, 6.07) is 3.42. The molecule has 3 N–H and O–H groups in total. The number of aromatic carboxylic acids is 1. The summed E-state index contributed by atoms with van der Waals surface area (Å²) in [5.74, 6) is -3.01. The normalized spacial score (nSPS) is 13.2. The van der Waals surface area contributed by atoms with Crippen molar-refractivity contribution in [3.8, 4) is 0 Å². The van der Waals surface area contributed by atoms with Crippen LogP contribution in [-0.2, 0) is 14.8 Å². The number of aliphatic carboxylic acids is 1. The highest BCUT2D eigenvalue weighted by atomic mass is 32.2. The number of carbonyl (C=O) groups is 2. The Morgan fingerprint density at radius 1 is 1.20 bits per heavy atom. The van der Waals surface area contributed by atoms with E-state index >= 15 is 0 Å². The SMILES string of the molecule is CC(C)[C@@H](NS(=O)(=O)c1cccc(C(=O)O)c1)C(=O)O. The van der Waals surface area contributed by atoms with E-state index in [0.717, 1.165) is 6.07 Å². The van der Waals surface area contributed by atoms with E-state index in [1.807, 2.05) is 0 Å². The Balaban J connectivity index is 3.14. The van der Waals surface area contributed by atoms with E-state index in [4.69, 9.17) is 10.2 Å². The summed E-state index contributed by atoms with van der Waals surface area (Å²) >= 11 is 0. The zero-order chi connectivity index (χ0) is 15.5. The Morgan fingerprint density at radius 2 is 1.80 bits per heavy atom. The number of hydrogen-bond acceptors (Lipinski definition) is 4. The van der Waals surface area contributed by atoms with E-state index in [1.165, 1.54) is 18.2 Å². The first-order valence-corrected chi connectivity index (χ1v) is 7.22. The topological polar surface area (TPSA) is 121 Å². The predicted molar refractivity (Wildman–Crippen MR) is 70.0 cm³/mol. The molecule has 0 bridgehead atoms. The fourth-order valence-electron chi connectivity index (χ4n) is 1.50. The fraction of sp³-hybridized carbons (Fsp3) is 0.333. The molecule has 0 heterocycles. The molecule has 1 atom stereocenters. The number of hydrogen-bond donors (Lipinski definition) is 3. The van der Waals surface area contributed by atoms with Crippen LogP contribution in [0.25, 0.3) is 0 Å². The molecule has 0 saturated heterocycles. The summed E-state index contributed by atoms with van der Waals surface area (Å²) in [5.41, 5.74) is -0.190. The minimum atomic E-state index is -4.10. The molecule has 1 aromatic rings. The molecule has 8 heteroatoms. The van der Waals surface area contributed by atoms with Gasteiger partial charge >= 0.3 is 11.9 Å². The lowest BCUT2D eigenvalue weighted by atomic mass is 10.1. The van der Waals surface area contributed by atoms with Gasteiger partial charge in [-0.3, -0.25) is 4.79 Å². The maximum Gasteiger partial charge on any atom is 0.335 e. The second-order valence-corrected chi connectivity index (χ2v) is 6.23. The maximum atomic E-state index is 12.1. The minimum absolute atomic E-state index is 0.190. The van der Waals surface area contributed by atoms with E-state index in [0.29, 0.717) is 0 Å². The molecule has 110 valence electrons. The van der Waals surface area contributed by atoms with E-state index in [2.05, 4.69) is 4.72 Å². The Labute approximate surface area is 116 Å². The molecule has 0 aliphatic carbocycles. The monoisotopic (exact) mass is 301 g/mol. The third-order valence-corrected chi connectivity index (χ3v) is 4.04. The van der Waals surface area contributed by atoms with Gasteiger partial charge in [-0.15, -0.1) is 0 Å². The van der Waals surface area contributed by atoms with Crippen molar-refractivity contribution in [3.05, 3.63) is 29.8 Å². The second-order valence-electron chi connectivity index (χ2n) is 4.51. The van der Waals surface area contributed by atoms with E-state index < -0.39 is 33.9 Å². The average Bonchev–Trinajstić information content (AvgIpc) is 2.35. The van der Waals surface area contributed by atoms with Crippen LogP contribution in [0.3, 0.4) is 0 Å². The number of carboxylic acid groups (broad SMARTS) is 2. The molecule has 0 radical (unpaired) electrons. The van der Waals surface area contributed by atoms with Crippen LogP contribution in [0.1, 0.15) is 24.2 Å². The number of nitrogens with one attached hydrogen (secondary N) is 1. The molecule has 0 fully saturated rings. The first-order valence-electron chi connectivity index (χ1n) is 5.73. The Kier molecular flexibility index (Phi) is 4.85. The van der Waals surface area contributed by atoms with Crippen molar-refractivity contribution in [2.45, 2.75) is 24.8 Å². The molecule has 1 aromatic carbocycles. The number of sulfonamides is 1. The molecular weight excluding hydrogens is 286 g/mol. The van der Waals surface area contributed by atoms with E-state index in [1.54, 1.807) is 13.8 Å². The molecule has 1 rings (SSSR count). The summed E-state index contributed by atoms with van der Waals surface area (Å²) in [7, 11) is -4.10. The van der Waals surface area contributed by atoms with Gasteiger partial charge in [0, 0.05) is 0 Å². The highest BCUT2D eigenvalue weighted by Crippen LogP contribution is 2.14. The van der Waals surface area contributed by atoms with Crippen molar-refractivity contribution >= 4 is 22.0 Å². The minimum Gasteiger partial charge on any atom is -0.480 e. The third-order valence-electron chi connectivity index (χ3n) is 2.61. The zero-order valence-corrected chi connectivity index (χ0v) is 11.7. The molecule has 0 spiro atoms. The van der Waals surface area contributed by atoms with Gasteiger partial charge < -0.3 is 10.2 Å². The maximum absolute atomic E-state index is 12.1. The molecule has 20 heavy (non-hydrogen) atoms. The summed E-state index contributed by atoms with van der Waals surface area (Å²) < 4.78 is 26.2. The van der Waals surface area contributed by atoms with Crippen molar-refractivity contribution in [2.75, 3.05) is 0 Å². The summed E-state index contributed by atoms with van der Waals surface area (Å²) in [5, 5.41) is 17.8. The quantitative estimate of drug-likeness (QED) is 0.713. The lowest BCUT2D eigenvalue weighted by molar-refractivity contribution is -0.140. The van der Waals surface area contributed by atoms with Gasteiger partial charge in [0.1, 0.15) is 6.04 Å². The Hall–Kier alpha value is -1.93. The van der Waals surface area contributed by atoms with Crippen molar-refractivity contribution < 1.29 is 28.2 Å². The standard InChI is InChI=1S/C12H15NO6S/c1-7(2)10(12(16)17)13-20(18,19)9-5-3-4-8(6-9)11(14)15/h3-7,10,13H,1-2H3,(H,14,15)(H,16,17)/t10-/m1/s1. The molecular formula is C12H15NO6S. The van der Waals surface area contributed by atoms with Crippen molar-refractivity contribution in [3.63, 3.8) is 0 Å². The van der Waals surface area contributed by atoms with Crippen LogP contribution in [0.15, 0.2) is 29.2 Å². The van der Waals surface area contributed by atoms with Crippen LogP contribution in [0.2, 0.25) is 0 Å². The molecule has 0 unspecified atom stereocenters. The summed E-state index contributed by atoms with van der Waals surface area (Å²) in [6.45, 7) is 3.13. The third kappa shape index (κ3) is 3.78. The van der Waals surface area contributed by atoms with Gasteiger partial charge in [0.2, 0.25) is 10.0 Å². The predicted octanol–water partition coefficient (Wildman–Crippen LogP) is 0.772. The van der Waals surface area contributed by atoms with Crippen LogP contribution >= 0.6 is 0 Å². The van der Waals surface area contributed by atoms with E-state index in [9.17, 15) is 18.0 Å². The first kappa shape index (κ1) is 16.1. The summed E-state index contributed by atoms with van der Waals surface area (Å²) in [4.78, 5) is 21.5. The molecule has 7 nitrogen and oxygen atoms in total. The van der Waals surface area contributed by atoms with Crippen LogP contribution in [0.4, 0.5) is 0 Å². The Morgan fingerprint density at radius 3 is 2.25 bits per heavy atom. The van der Waals surface area contributed by atoms with Gasteiger partial charge in [-0.05, 0) is 24.1 Å². The first-order chi connectivity index (χ1) is 9.15. The molecule has 0 aliphatic heterocycles. The van der Waals surface area contributed by atoms with Gasteiger partial charge in [0.15, 0.2) is 0 Å². The molecule has 0 amide bonds. The highest BCUT2D eigenvalue weighted by Gasteiger charge is 2.28. The molecule has 0 saturated carbocycles. The van der Waals surface area contributed by atoms with Crippen LogP contribution < -0.4 is 4.72 Å². The molecule has 0 aromatic heterocycles. The smallest absolute Gasteiger partial charge is 0.335 e. The van der Waals surface area contributed by atoms with Gasteiger partial charge in [0.25, 0.3) is 0 Å². The van der Waals surface area contributed by atoms with Crippen molar-refractivity contribution in [1.82, 2.24) is 4.72 Å².